The van der Waals surface area contributed by atoms with E-state index < -0.39 is 16.1 Å². The van der Waals surface area contributed by atoms with Gasteiger partial charge in [-0.3, -0.25) is 9.69 Å². The second-order valence-electron chi connectivity index (χ2n) is 6.64. The summed E-state index contributed by atoms with van der Waals surface area (Å²) >= 11 is 0. The van der Waals surface area contributed by atoms with Crippen molar-refractivity contribution >= 4 is 27.6 Å². The van der Waals surface area contributed by atoms with Gasteiger partial charge in [0.15, 0.2) is 0 Å². The Hall–Kier alpha value is -3.17. The molecule has 28 heavy (non-hydrogen) atoms. The minimum absolute atomic E-state index is 0.0308. The predicted molar refractivity (Wildman–Crippen MR) is 103 cm³/mol. The topological polar surface area (TPSA) is 113 Å². The number of sulfonamides is 1. The van der Waals surface area contributed by atoms with Crippen LogP contribution < -0.4 is 15.4 Å². The molecule has 2 heterocycles. The van der Waals surface area contributed by atoms with Crippen LogP contribution in [0.25, 0.3) is 0 Å². The molecule has 0 aliphatic carbocycles. The van der Waals surface area contributed by atoms with Gasteiger partial charge in [0, 0.05) is 12.7 Å². The van der Waals surface area contributed by atoms with Crippen molar-refractivity contribution in [2.75, 3.05) is 18.5 Å². The van der Waals surface area contributed by atoms with Crippen molar-refractivity contribution in [1.82, 2.24) is 10.2 Å². The highest BCUT2D eigenvalue weighted by Gasteiger charge is 2.43. The number of carbonyl (C=O) groups excluding carboxylic acids is 2. The number of benzene rings is 2. The molecule has 0 saturated heterocycles. The van der Waals surface area contributed by atoms with Crippen molar-refractivity contribution in [1.29, 1.82) is 0 Å². The van der Waals surface area contributed by atoms with E-state index in [1.54, 1.807) is 7.05 Å². The first kappa shape index (κ1) is 18.2. The fraction of sp³-hybridized carbons (Fsp3) is 0.158. The normalized spacial score (nSPS) is 19.7. The van der Waals surface area contributed by atoms with E-state index in [0.29, 0.717) is 17.0 Å². The van der Waals surface area contributed by atoms with Crippen molar-refractivity contribution in [3.63, 3.8) is 0 Å². The summed E-state index contributed by atoms with van der Waals surface area (Å²) < 4.78 is 22.9. The van der Waals surface area contributed by atoms with Crippen LogP contribution in [0.15, 0.2) is 70.8 Å². The number of nitrogens with two attached hydrogens (primary N) is 1. The van der Waals surface area contributed by atoms with E-state index in [1.807, 2.05) is 30.3 Å². The lowest BCUT2D eigenvalue weighted by Gasteiger charge is -2.31. The number of amides is 3. The van der Waals surface area contributed by atoms with Gasteiger partial charge < -0.3 is 10.2 Å². The Morgan fingerprint density at radius 1 is 1.04 bits per heavy atom. The summed E-state index contributed by atoms with van der Waals surface area (Å²) in [6, 6.07) is 14.2. The lowest BCUT2D eigenvalue weighted by Crippen LogP contribution is -2.45. The van der Waals surface area contributed by atoms with Gasteiger partial charge in [0.25, 0.3) is 5.91 Å². The molecule has 4 rings (SSSR count). The fourth-order valence-corrected chi connectivity index (χ4v) is 4.00. The molecule has 2 aromatic carbocycles. The molecule has 3 amide bonds. The lowest BCUT2D eigenvalue weighted by atomic mass is 9.96. The van der Waals surface area contributed by atoms with Crippen LogP contribution in [0, 0.1) is 0 Å². The summed E-state index contributed by atoms with van der Waals surface area (Å²) in [4.78, 5) is 28.5. The fourth-order valence-electron chi connectivity index (χ4n) is 3.49. The van der Waals surface area contributed by atoms with Gasteiger partial charge in [-0.25, -0.2) is 18.4 Å². The van der Waals surface area contributed by atoms with Gasteiger partial charge in [-0.1, -0.05) is 30.3 Å². The minimum Gasteiger partial charge on any atom is -0.327 e. The van der Waals surface area contributed by atoms with Gasteiger partial charge in [-0.15, -0.1) is 0 Å². The van der Waals surface area contributed by atoms with Crippen molar-refractivity contribution in [2.24, 2.45) is 5.14 Å². The summed E-state index contributed by atoms with van der Waals surface area (Å²) in [5, 5.41) is 8.00. The Kier molecular flexibility index (Phi) is 4.20. The summed E-state index contributed by atoms with van der Waals surface area (Å²) in [7, 11) is -2.20. The van der Waals surface area contributed by atoms with Crippen molar-refractivity contribution < 1.29 is 18.0 Å². The third kappa shape index (κ3) is 2.94. The number of hydrogen-bond acceptors (Lipinski definition) is 4. The molecule has 0 saturated carbocycles. The lowest BCUT2D eigenvalue weighted by molar-refractivity contribution is -0.114. The van der Waals surface area contributed by atoms with Gasteiger partial charge in [0.05, 0.1) is 28.8 Å². The van der Waals surface area contributed by atoms with Crippen molar-refractivity contribution in [3.05, 3.63) is 71.4 Å². The third-order valence-electron chi connectivity index (χ3n) is 4.97. The van der Waals surface area contributed by atoms with Crippen LogP contribution in [-0.4, -0.2) is 38.8 Å². The predicted octanol–water partition coefficient (Wildman–Crippen LogP) is 1.33. The summed E-state index contributed by atoms with van der Waals surface area (Å²) in [5.41, 5.74) is 2.47. The van der Waals surface area contributed by atoms with Gasteiger partial charge in [-0.2, -0.15) is 0 Å². The molecule has 0 aromatic heterocycles. The first-order valence-electron chi connectivity index (χ1n) is 8.54. The average Bonchev–Trinajstić information content (AvgIpc) is 3.02. The Morgan fingerprint density at radius 3 is 2.29 bits per heavy atom. The number of hydrogen-bond donors (Lipinski definition) is 2. The van der Waals surface area contributed by atoms with Gasteiger partial charge in [0.2, 0.25) is 10.0 Å². The van der Waals surface area contributed by atoms with E-state index in [2.05, 4.69) is 5.32 Å². The van der Waals surface area contributed by atoms with Crippen LogP contribution in [0.5, 0.6) is 0 Å². The molecule has 144 valence electrons. The Labute approximate surface area is 162 Å². The molecule has 0 spiro atoms. The SMILES string of the molecule is CN1C(=O)N[C@H](c2ccccc2)C2=C1CN(c1ccc(S(N)(=O)=O)cc1)C2=O. The number of anilines is 1. The minimum atomic E-state index is -3.82. The average molecular weight is 398 g/mol. The van der Waals surface area contributed by atoms with Crippen LogP contribution in [0.3, 0.4) is 0 Å². The summed E-state index contributed by atoms with van der Waals surface area (Å²) in [5.74, 6) is -0.237. The molecule has 2 aromatic rings. The van der Waals surface area contributed by atoms with Crippen LogP contribution in [0.4, 0.5) is 10.5 Å². The third-order valence-corrected chi connectivity index (χ3v) is 5.90. The Bertz CT molecular complexity index is 1090. The highest BCUT2D eigenvalue weighted by atomic mass is 32.2. The molecule has 2 aliphatic heterocycles. The zero-order valence-electron chi connectivity index (χ0n) is 15.0. The van der Waals surface area contributed by atoms with Crippen molar-refractivity contribution in [3.8, 4) is 0 Å². The first-order valence-corrected chi connectivity index (χ1v) is 10.1. The smallest absolute Gasteiger partial charge is 0.322 e. The van der Waals surface area contributed by atoms with E-state index in [1.165, 1.54) is 34.1 Å². The number of likely N-dealkylation sites (N-methyl/N-ethyl adjacent to an activating group) is 1. The van der Waals surface area contributed by atoms with Crippen LogP contribution in [0.1, 0.15) is 11.6 Å². The number of nitrogens with one attached hydrogen (secondary N) is 1. The summed E-state index contributed by atoms with van der Waals surface area (Å²) in [6.45, 7) is 0.218. The van der Waals surface area contributed by atoms with E-state index in [4.69, 9.17) is 5.14 Å². The molecule has 3 N–H and O–H groups in total. The van der Waals surface area contributed by atoms with E-state index in [9.17, 15) is 18.0 Å². The van der Waals surface area contributed by atoms with Crippen molar-refractivity contribution in [2.45, 2.75) is 10.9 Å². The van der Waals surface area contributed by atoms with Crippen LogP contribution in [-0.2, 0) is 14.8 Å². The summed E-state index contributed by atoms with van der Waals surface area (Å²) in [6.07, 6.45) is 0. The number of carbonyl (C=O) groups is 2. The van der Waals surface area contributed by atoms with Crippen LogP contribution in [0.2, 0.25) is 0 Å². The molecule has 0 unspecified atom stereocenters. The molecule has 2 aliphatic rings. The van der Waals surface area contributed by atoms with Crippen LogP contribution >= 0.6 is 0 Å². The molecular formula is C19H18N4O4S. The van der Waals surface area contributed by atoms with E-state index in [-0.39, 0.29) is 23.4 Å². The zero-order valence-corrected chi connectivity index (χ0v) is 15.8. The molecule has 1 atom stereocenters. The van der Waals surface area contributed by atoms with Gasteiger partial charge >= 0.3 is 6.03 Å². The van der Waals surface area contributed by atoms with Gasteiger partial charge in [-0.05, 0) is 29.8 Å². The largest absolute Gasteiger partial charge is 0.327 e. The molecule has 9 heteroatoms. The molecule has 0 fully saturated rings. The molecule has 0 bridgehead atoms. The Balaban J connectivity index is 1.72. The maximum absolute atomic E-state index is 13.2. The number of urea groups is 1. The van der Waals surface area contributed by atoms with E-state index >= 15 is 0 Å². The highest BCUT2D eigenvalue weighted by molar-refractivity contribution is 7.89. The molecular weight excluding hydrogens is 380 g/mol. The monoisotopic (exact) mass is 398 g/mol. The molecule has 0 radical (unpaired) electrons. The highest BCUT2D eigenvalue weighted by Crippen LogP contribution is 2.37. The van der Waals surface area contributed by atoms with E-state index in [0.717, 1.165) is 5.56 Å². The number of nitrogens with zero attached hydrogens (tertiary/aromatic N) is 2. The maximum atomic E-state index is 13.2. The zero-order chi connectivity index (χ0) is 20.1. The Morgan fingerprint density at radius 2 is 1.68 bits per heavy atom. The molecule has 8 nitrogen and oxygen atoms in total. The second-order valence-corrected chi connectivity index (χ2v) is 8.20. The quantitative estimate of drug-likeness (QED) is 0.812. The maximum Gasteiger partial charge on any atom is 0.322 e. The first-order chi connectivity index (χ1) is 13.3. The standard InChI is InChI=1S/C19H18N4O4S/c1-22-15-11-23(13-7-9-14(10-8-13)28(20,26)27)18(24)16(15)17(21-19(22)25)12-5-3-2-4-6-12/h2-10,17H,11H2,1H3,(H,21,25)(H2,20,26,27)/t17-/m1/s1. The number of rotatable bonds is 3. The van der Waals surface area contributed by atoms with Gasteiger partial charge in [0.1, 0.15) is 0 Å². The second kappa shape index (κ2) is 6.47. The number of primary sulfonamides is 1.